The van der Waals surface area contributed by atoms with Crippen molar-refractivity contribution in [3.8, 4) is 0 Å². The number of carbonyl (C=O) groups is 1. The van der Waals surface area contributed by atoms with E-state index in [-0.39, 0.29) is 22.8 Å². The van der Waals surface area contributed by atoms with E-state index in [0.717, 1.165) is 18.8 Å². The van der Waals surface area contributed by atoms with Crippen LogP contribution in [0.2, 0.25) is 0 Å². The van der Waals surface area contributed by atoms with Gasteiger partial charge in [-0.1, -0.05) is 19.3 Å². The third-order valence-electron chi connectivity index (χ3n) is 4.44. The van der Waals surface area contributed by atoms with Gasteiger partial charge in [0.2, 0.25) is 5.91 Å². The van der Waals surface area contributed by atoms with Gasteiger partial charge in [0, 0.05) is 29.8 Å². The molecule has 1 spiro atoms. The molecule has 0 bridgehead atoms. The number of nitrogens with zero attached hydrogens (tertiary/aromatic N) is 1. The summed E-state index contributed by atoms with van der Waals surface area (Å²) in [6.45, 7) is 1.51. The number of carbonyl (C=O) groups excluding carboxylic acids is 1. The molecule has 1 aliphatic heterocycles. The first-order chi connectivity index (χ1) is 9.81. The first-order valence-electron chi connectivity index (χ1n) is 7.67. The summed E-state index contributed by atoms with van der Waals surface area (Å²) in [6.07, 6.45) is 7.54. The van der Waals surface area contributed by atoms with Crippen molar-refractivity contribution in [2.24, 2.45) is 5.73 Å². The minimum Gasteiger partial charge on any atom is -0.339 e. The van der Waals surface area contributed by atoms with E-state index in [1.54, 1.807) is 0 Å². The van der Waals surface area contributed by atoms with Crippen LogP contribution in [-0.2, 0) is 14.6 Å². The van der Waals surface area contributed by atoms with E-state index in [0.29, 0.717) is 0 Å². The van der Waals surface area contributed by atoms with Crippen molar-refractivity contribution in [2.75, 3.05) is 30.9 Å². The Kier molecular flexibility index (Phi) is 5.59. The Morgan fingerprint density at radius 3 is 2.62 bits per heavy atom. The molecular formula is C14H26N2O3S2. The summed E-state index contributed by atoms with van der Waals surface area (Å²) in [7, 11) is -3.07. The monoisotopic (exact) mass is 334 g/mol. The van der Waals surface area contributed by atoms with Gasteiger partial charge in [-0.25, -0.2) is 8.42 Å². The Morgan fingerprint density at radius 2 is 2.00 bits per heavy atom. The lowest BCUT2D eigenvalue weighted by molar-refractivity contribution is -0.133. The van der Waals surface area contributed by atoms with E-state index in [2.05, 4.69) is 0 Å². The minimum absolute atomic E-state index is 0.0202. The van der Waals surface area contributed by atoms with Crippen LogP contribution in [-0.4, -0.2) is 60.9 Å². The molecule has 0 radical (unpaired) electrons. The molecule has 1 aliphatic carbocycles. The number of hydrogen-bond acceptors (Lipinski definition) is 5. The van der Waals surface area contributed by atoms with Gasteiger partial charge in [0.1, 0.15) is 9.84 Å². The fourth-order valence-electron chi connectivity index (χ4n) is 3.23. The second-order valence-electron chi connectivity index (χ2n) is 6.38. The van der Waals surface area contributed by atoms with Crippen LogP contribution in [0.25, 0.3) is 0 Å². The van der Waals surface area contributed by atoms with Crippen LogP contribution in [0.3, 0.4) is 0 Å². The van der Waals surface area contributed by atoms with Gasteiger partial charge in [0.15, 0.2) is 0 Å². The highest BCUT2D eigenvalue weighted by atomic mass is 32.2. The van der Waals surface area contributed by atoms with E-state index in [9.17, 15) is 13.2 Å². The van der Waals surface area contributed by atoms with E-state index >= 15 is 0 Å². The van der Waals surface area contributed by atoms with Crippen LogP contribution < -0.4 is 5.73 Å². The average molecular weight is 335 g/mol. The molecule has 1 saturated carbocycles. The molecule has 7 heteroatoms. The van der Waals surface area contributed by atoms with Gasteiger partial charge in [-0.05, 0) is 19.3 Å². The molecule has 1 amide bonds. The molecule has 0 aromatic rings. The highest BCUT2D eigenvalue weighted by Crippen LogP contribution is 2.42. The summed E-state index contributed by atoms with van der Waals surface area (Å²) in [5, 5.41) is 0. The number of rotatable bonds is 4. The molecular weight excluding hydrogens is 308 g/mol. The highest BCUT2D eigenvalue weighted by Gasteiger charge is 2.39. The Bertz CT molecular complexity index is 467. The van der Waals surface area contributed by atoms with Crippen molar-refractivity contribution in [3.05, 3.63) is 0 Å². The second kappa shape index (κ2) is 6.87. The van der Waals surface area contributed by atoms with Crippen LogP contribution in [0.1, 0.15) is 38.5 Å². The van der Waals surface area contributed by atoms with Crippen LogP contribution in [0.15, 0.2) is 0 Å². The zero-order valence-electron chi connectivity index (χ0n) is 12.7. The Morgan fingerprint density at radius 1 is 1.33 bits per heavy atom. The summed E-state index contributed by atoms with van der Waals surface area (Å²) in [4.78, 5) is 14.3. The molecule has 1 unspecified atom stereocenters. The molecule has 1 saturated heterocycles. The summed E-state index contributed by atoms with van der Waals surface area (Å²) in [5.74, 6) is 0.863. The highest BCUT2D eigenvalue weighted by molar-refractivity contribution is 8.00. The van der Waals surface area contributed by atoms with Gasteiger partial charge >= 0.3 is 0 Å². The van der Waals surface area contributed by atoms with E-state index in [4.69, 9.17) is 5.73 Å². The molecule has 2 rings (SSSR count). The quantitative estimate of drug-likeness (QED) is 0.830. The molecule has 1 atom stereocenters. The zero-order valence-corrected chi connectivity index (χ0v) is 14.3. The second-order valence-corrected chi connectivity index (χ2v) is 10.2. The molecule has 2 aliphatic rings. The third kappa shape index (κ3) is 4.86. The minimum atomic E-state index is -3.07. The van der Waals surface area contributed by atoms with Crippen LogP contribution in [0.4, 0.5) is 0 Å². The van der Waals surface area contributed by atoms with Crippen LogP contribution >= 0.6 is 11.8 Å². The number of sulfone groups is 1. The summed E-state index contributed by atoms with van der Waals surface area (Å²) >= 11 is 2.01. The Labute approximate surface area is 131 Å². The van der Waals surface area contributed by atoms with Gasteiger partial charge in [-0.2, -0.15) is 11.8 Å². The standard InChI is InChI=1S/C14H26N2O3S2/c1-21(18,19)10-5-12(15)13(17)16-8-9-20-14(11-16)6-3-2-4-7-14/h12H,2-11,15H2,1H3. The van der Waals surface area contributed by atoms with Crippen LogP contribution in [0.5, 0.6) is 0 Å². The number of hydrogen-bond donors (Lipinski definition) is 1. The van der Waals surface area contributed by atoms with Gasteiger partial charge in [-0.3, -0.25) is 4.79 Å². The fourth-order valence-corrected chi connectivity index (χ4v) is 5.48. The summed E-state index contributed by atoms with van der Waals surface area (Å²) in [6, 6.07) is -0.691. The number of thioether (sulfide) groups is 1. The number of amides is 1. The predicted molar refractivity (Wildman–Crippen MR) is 87.2 cm³/mol. The normalized spacial score (nSPS) is 24.0. The molecule has 2 fully saturated rings. The SMILES string of the molecule is CS(=O)(=O)CCC(N)C(=O)N1CCSC2(CCCCC2)C1. The van der Waals surface area contributed by atoms with Crippen molar-refractivity contribution >= 4 is 27.5 Å². The van der Waals surface area contributed by atoms with Gasteiger partial charge in [0.05, 0.1) is 11.8 Å². The molecule has 0 aromatic carbocycles. The third-order valence-corrected chi connectivity index (χ3v) is 6.96. The molecule has 0 aromatic heterocycles. The van der Waals surface area contributed by atoms with E-state index in [1.165, 1.54) is 38.4 Å². The summed E-state index contributed by atoms with van der Waals surface area (Å²) in [5.41, 5.74) is 5.91. The molecule has 5 nitrogen and oxygen atoms in total. The average Bonchev–Trinajstić information content (AvgIpc) is 2.44. The van der Waals surface area contributed by atoms with Crippen molar-refractivity contribution in [3.63, 3.8) is 0 Å². The van der Waals surface area contributed by atoms with Crippen molar-refractivity contribution < 1.29 is 13.2 Å². The first-order valence-corrected chi connectivity index (χ1v) is 10.7. The largest absolute Gasteiger partial charge is 0.339 e. The predicted octanol–water partition coefficient (Wildman–Crippen LogP) is 1.03. The smallest absolute Gasteiger partial charge is 0.239 e. The lowest BCUT2D eigenvalue weighted by Gasteiger charge is -2.45. The van der Waals surface area contributed by atoms with Gasteiger partial charge < -0.3 is 10.6 Å². The number of nitrogens with two attached hydrogens (primary N) is 1. The Hall–Kier alpha value is -0.270. The zero-order chi connectivity index (χ0) is 15.5. The first kappa shape index (κ1) is 17.1. The molecule has 122 valence electrons. The maximum atomic E-state index is 12.4. The molecule has 2 N–H and O–H groups in total. The molecule has 1 heterocycles. The lowest BCUT2D eigenvalue weighted by Crippen LogP contribution is -2.54. The Balaban J connectivity index is 1.92. The van der Waals surface area contributed by atoms with Gasteiger partial charge in [0.25, 0.3) is 0 Å². The molecule has 21 heavy (non-hydrogen) atoms. The topological polar surface area (TPSA) is 80.5 Å². The lowest BCUT2D eigenvalue weighted by atomic mass is 9.87. The van der Waals surface area contributed by atoms with Crippen LogP contribution in [0, 0.1) is 0 Å². The maximum absolute atomic E-state index is 12.4. The van der Waals surface area contributed by atoms with Crippen molar-refractivity contribution in [1.82, 2.24) is 4.90 Å². The van der Waals surface area contributed by atoms with E-state index < -0.39 is 15.9 Å². The summed E-state index contributed by atoms with van der Waals surface area (Å²) < 4.78 is 22.6. The van der Waals surface area contributed by atoms with Crippen molar-refractivity contribution in [1.29, 1.82) is 0 Å². The van der Waals surface area contributed by atoms with E-state index in [1.807, 2.05) is 16.7 Å². The fraction of sp³-hybridized carbons (Fsp3) is 0.929. The maximum Gasteiger partial charge on any atom is 0.239 e. The van der Waals surface area contributed by atoms with Gasteiger partial charge in [-0.15, -0.1) is 0 Å². The van der Waals surface area contributed by atoms with Crippen molar-refractivity contribution in [2.45, 2.75) is 49.3 Å².